The lowest BCUT2D eigenvalue weighted by Crippen LogP contribution is -2.35. The Hall–Kier alpha value is -3.13. The van der Waals surface area contributed by atoms with Gasteiger partial charge in [0.2, 0.25) is 0 Å². The maximum atomic E-state index is 9.85. The Morgan fingerprint density at radius 2 is 2.03 bits per heavy atom. The molecule has 3 N–H and O–H groups in total. The van der Waals surface area contributed by atoms with Gasteiger partial charge in [0.25, 0.3) is 0 Å². The number of pyridine rings is 1. The van der Waals surface area contributed by atoms with Crippen molar-refractivity contribution in [2.45, 2.75) is 25.2 Å². The predicted octanol–water partition coefficient (Wildman–Crippen LogP) is 4.06. The first-order chi connectivity index (χ1) is 15.2. The Labute approximate surface area is 185 Å². The molecule has 0 amide bonds. The number of guanidine groups is 1. The molecule has 1 atom stereocenters. The number of rotatable bonds is 4. The maximum absolute atomic E-state index is 9.85. The van der Waals surface area contributed by atoms with Gasteiger partial charge in [-0.2, -0.15) is 0 Å². The smallest absolute Gasteiger partial charge is 0.197 e. The van der Waals surface area contributed by atoms with Crippen LogP contribution in [0.2, 0.25) is 0 Å². The van der Waals surface area contributed by atoms with Crippen molar-refractivity contribution in [3.63, 3.8) is 0 Å². The predicted molar refractivity (Wildman–Crippen MR) is 126 cm³/mol. The fourth-order valence-corrected chi connectivity index (χ4v) is 4.85. The highest BCUT2D eigenvalue weighted by Crippen LogP contribution is 2.32. The molecule has 0 bridgehead atoms. The van der Waals surface area contributed by atoms with Gasteiger partial charge >= 0.3 is 0 Å². The van der Waals surface area contributed by atoms with Gasteiger partial charge in [0.15, 0.2) is 11.1 Å². The second-order valence-electron chi connectivity index (χ2n) is 7.93. The molecule has 0 saturated carbocycles. The second-order valence-corrected chi connectivity index (χ2v) is 8.79. The molecule has 160 valence electrons. The van der Waals surface area contributed by atoms with Crippen LogP contribution < -0.4 is 15.5 Å². The zero-order chi connectivity index (χ0) is 21.0. The van der Waals surface area contributed by atoms with E-state index in [2.05, 4.69) is 38.7 Å². The Bertz CT molecular complexity index is 1080. The lowest BCUT2D eigenvalue weighted by Gasteiger charge is -2.34. The van der Waals surface area contributed by atoms with E-state index in [-0.39, 0.29) is 0 Å². The quantitative estimate of drug-likeness (QED) is 0.574. The lowest BCUT2D eigenvalue weighted by atomic mass is 9.90. The third-order valence-electron chi connectivity index (χ3n) is 5.71. The van der Waals surface area contributed by atoms with Crippen LogP contribution in [0.1, 0.15) is 30.7 Å². The normalized spacial score (nSPS) is 18.9. The van der Waals surface area contributed by atoms with Gasteiger partial charge in [-0.25, -0.2) is 9.97 Å². The van der Waals surface area contributed by atoms with Crippen molar-refractivity contribution in [3.05, 3.63) is 53.4 Å². The molecule has 3 aromatic rings. The van der Waals surface area contributed by atoms with E-state index in [1.807, 2.05) is 23.6 Å². The van der Waals surface area contributed by atoms with Crippen LogP contribution in [0.3, 0.4) is 0 Å². The Balaban J connectivity index is 1.31. The Kier molecular flexibility index (Phi) is 5.71. The molecule has 4 heterocycles. The van der Waals surface area contributed by atoms with Crippen molar-refractivity contribution in [1.82, 2.24) is 15.3 Å². The minimum atomic E-state index is 0.331. The zero-order valence-electron chi connectivity index (χ0n) is 17.3. The number of thiazole rings is 1. The van der Waals surface area contributed by atoms with Gasteiger partial charge in [0.05, 0.1) is 5.69 Å². The van der Waals surface area contributed by atoms with E-state index in [4.69, 9.17) is 9.97 Å². The number of phenols is 1. The summed E-state index contributed by atoms with van der Waals surface area (Å²) in [5, 5.41) is 19.2. The first kappa shape index (κ1) is 19.8. The number of aliphatic imine (C=N–C) groups is 1. The number of aromatic hydroxyl groups is 1. The topological polar surface area (TPSA) is 85.7 Å². The van der Waals surface area contributed by atoms with Gasteiger partial charge in [0.1, 0.15) is 17.3 Å². The van der Waals surface area contributed by atoms with E-state index in [0.717, 1.165) is 73.7 Å². The van der Waals surface area contributed by atoms with Gasteiger partial charge in [-0.3, -0.25) is 4.99 Å². The average molecular weight is 435 g/mol. The molecule has 5 rings (SSSR count). The molecule has 2 aromatic heterocycles. The first-order valence-electron chi connectivity index (χ1n) is 10.8. The maximum Gasteiger partial charge on any atom is 0.197 e. The minimum Gasteiger partial charge on any atom is -0.508 e. The molecular formula is C23H26N6OS. The largest absolute Gasteiger partial charge is 0.508 e. The van der Waals surface area contributed by atoms with Crippen molar-refractivity contribution in [1.29, 1.82) is 0 Å². The van der Waals surface area contributed by atoms with E-state index in [1.165, 1.54) is 5.56 Å². The van der Waals surface area contributed by atoms with Crippen LogP contribution >= 0.6 is 11.3 Å². The Morgan fingerprint density at radius 1 is 1.10 bits per heavy atom. The van der Waals surface area contributed by atoms with E-state index < -0.39 is 0 Å². The summed E-state index contributed by atoms with van der Waals surface area (Å²) >= 11 is 1.56. The van der Waals surface area contributed by atoms with Gasteiger partial charge in [-0.05, 0) is 49.1 Å². The number of hydrogen-bond acceptors (Lipinski definition) is 8. The molecule has 31 heavy (non-hydrogen) atoms. The van der Waals surface area contributed by atoms with E-state index in [9.17, 15) is 5.11 Å². The standard InChI is InChI=1S/C23H26N6OS/c30-18-7-1-5-16(13-18)17-6-3-12-29(14-17)21-9-2-8-19(26-21)20-15-31-23(27-20)28-22-24-10-4-11-25-22/h1-2,5,7-9,13,15,17,30H,3-4,6,10-12,14H2,(H2,24,25,27,28). The molecule has 1 aromatic carbocycles. The first-order valence-corrected chi connectivity index (χ1v) is 11.6. The van der Waals surface area contributed by atoms with Gasteiger partial charge < -0.3 is 20.6 Å². The molecule has 0 spiro atoms. The van der Waals surface area contributed by atoms with Crippen LogP contribution in [-0.2, 0) is 0 Å². The minimum absolute atomic E-state index is 0.331. The van der Waals surface area contributed by atoms with Gasteiger partial charge in [-0.1, -0.05) is 18.2 Å². The van der Waals surface area contributed by atoms with Crippen molar-refractivity contribution >= 4 is 28.2 Å². The number of phenolic OH excluding ortho intramolecular Hbond substituents is 1. The number of aromatic nitrogens is 2. The summed E-state index contributed by atoms with van der Waals surface area (Å²) in [5.41, 5.74) is 2.93. The van der Waals surface area contributed by atoms with Crippen LogP contribution in [0.15, 0.2) is 52.8 Å². The van der Waals surface area contributed by atoms with Crippen molar-refractivity contribution in [2.75, 3.05) is 36.4 Å². The van der Waals surface area contributed by atoms with Crippen LogP contribution in [0.5, 0.6) is 5.75 Å². The third kappa shape index (κ3) is 4.64. The van der Waals surface area contributed by atoms with Crippen LogP contribution in [0, 0.1) is 0 Å². The lowest BCUT2D eigenvalue weighted by molar-refractivity contribution is 0.469. The molecule has 0 aliphatic carbocycles. The van der Waals surface area contributed by atoms with E-state index >= 15 is 0 Å². The summed E-state index contributed by atoms with van der Waals surface area (Å²) in [6, 6.07) is 13.8. The molecule has 7 nitrogen and oxygen atoms in total. The second kappa shape index (κ2) is 8.93. The molecule has 8 heteroatoms. The van der Waals surface area contributed by atoms with Crippen molar-refractivity contribution in [3.8, 4) is 17.1 Å². The van der Waals surface area contributed by atoms with Gasteiger partial charge in [0, 0.05) is 37.5 Å². The summed E-state index contributed by atoms with van der Waals surface area (Å²) in [5.74, 6) is 2.49. The van der Waals surface area contributed by atoms with Crippen molar-refractivity contribution < 1.29 is 5.11 Å². The summed E-state index contributed by atoms with van der Waals surface area (Å²) in [6.45, 7) is 3.67. The Morgan fingerprint density at radius 3 is 2.90 bits per heavy atom. The molecule has 2 aliphatic rings. The highest BCUT2D eigenvalue weighted by atomic mass is 32.1. The molecule has 1 fully saturated rings. The fraction of sp³-hybridized carbons (Fsp3) is 0.348. The fourth-order valence-electron chi connectivity index (χ4n) is 4.14. The third-order valence-corrected chi connectivity index (χ3v) is 6.47. The van der Waals surface area contributed by atoms with E-state index in [1.54, 1.807) is 17.4 Å². The van der Waals surface area contributed by atoms with Gasteiger partial charge in [-0.15, -0.1) is 11.3 Å². The van der Waals surface area contributed by atoms with Crippen molar-refractivity contribution in [2.24, 2.45) is 4.99 Å². The highest BCUT2D eigenvalue weighted by molar-refractivity contribution is 7.14. The molecule has 2 aliphatic heterocycles. The number of hydrogen-bond donors (Lipinski definition) is 3. The summed E-state index contributed by atoms with van der Waals surface area (Å²) in [6.07, 6.45) is 3.29. The van der Waals surface area contributed by atoms with Crippen LogP contribution in [-0.4, -0.2) is 47.2 Å². The zero-order valence-corrected chi connectivity index (χ0v) is 18.1. The number of piperidine rings is 1. The number of anilines is 2. The molecular weight excluding hydrogens is 408 g/mol. The highest BCUT2D eigenvalue weighted by Gasteiger charge is 2.23. The summed E-state index contributed by atoms with van der Waals surface area (Å²) in [4.78, 5) is 16.4. The van der Waals surface area contributed by atoms with E-state index in [0.29, 0.717) is 11.7 Å². The molecule has 0 radical (unpaired) electrons. The number of nitrogens with zero attached hydrogens (tertiary/aromatic N) is 4. The average Bonchev–Trinajstić information content (AvgIpc) is 3.28. The SMILES string of the molecule is Oc1cccc(C2CCCN(c3cccc(-c4csc(NC5=NCCCN5)n4)n3)C2)c1. The monoisotopic (exact) mass is 434 g/mol. The number of nitrogens with one attached hydrogen (secondary N) is 2. The van der Waals surface area contributed by atoms with Crippen LogP contribution in [0.4, 0.5) is 10.9 Å². The molecule has 1 saturated heterocycles. The number of benzene rings is 1. The molecule has 1 unspecified atom stereocenters. The summed E-state index contributed by atoms with van der Waals surface area (Å²) < 4.78 is 0. The van der Waals surface area contributed by atoms with Crippen LogP contribution in [0.25, 0.3) is 11.4 Å². The summed E-state index contributed by atoms with van der Waals surface area (Å²) in [7, 11) is 0.